The molecule has 21 nitrogen and oxygen atoms in total. The van der Waals surface area contributed by atoms with E-state index in [0.29, 0.717) is 31.1 Å². The zero-order valence-corrected chi connectivity index (χ0v) is 32.6. The van der Waals surface area contributed by atoms with Gasteiger partial charge in [0.25, 0.3) is 5.91 Å². The molecule has 4 rings (SSSR count). The van der Waals surface area contributed by atoms with E-state index in [1.807, 2.05) is 0 Å². The smallest absolute Gasteiger partial charge is 0.407 e. The van der Waals surface area contributed by atoms with Crippen LogP contribution >= 0.6 is 35.1 Å². The van der Waals surface area contributed by atoms with Gasteiger partial charge in [-0.3, -0.25) is 14.4 Å². The minimum Gasteiger partial charge on any atom is -0.481 e. The second kappa shape index (κ2) is 17.6. The van der Waals surface area contributed by atoms with Crippen LogP contribution in [0.4, 0.5) is 14.7 Å². The number of aryl methyl sites for hydroxylation is 1. The van der Waals surface area contributed by atoms with Gasteiger partial charge in [-0.05, 0) is 58.4 Å². The fourth-order valence-electron chi connectivity index (χ4n) is 4.76. The number of anilines is 1. The van der Waals surface area contributed by atoms with Crippen LogP contribution in [0, 0.1) is 5.41 Å². The quantitative estimate of drug-likeness (QED) is 0.0519. The van der Waals surface area contributed by atoms with Gasteiger partial charge in [-0.2, -0.15) is 9.36 Å². The van der Waals surface area contributed by atoms with Gasteiger partial charge in [0.05, 0.1) is 0 Å². The van der Waals surface area contributed by atoms with E-state index in [1.165, 1.54) is 21.3 Å². The third-order valence-electron chi connectivity index (χ3n) is 7.18. The molecule has 2 fully saturated rings. The average Bonchev–Trinajstić information content (AvgIpc) is 3.70. The number of rotatable bonds is 16. The van der Waals surface area contributed by atoms with Gasteiger partial charge >= 0.3 is 18.2 Å². The van der Waals surface area contributed by atoms with Crippen LogP contribution in [0.25, 0.3) is 0 Å². The van der Waals surface area contributed by atoms with Crippen molar-refractivity contribution in [2.75, 3.05) is 43.5 Å². The summed E-state index contributed by atoms with van der Waals surface area (Å²) < 4.78 is 16.0. The van der Waals surface area contributed by atoms with Crippen LogP contribution in [0.1, 0.15) is 60.2 Å². The Morgan fingerprint density at radius 1 is 1.08 bits per heavy atom. The molecule has 292 valence electrons. The van der Waals surface area contributed by atoms with Gasteiger partial charge < -0.3 is 46.0 Å². The van der Waals surface area contributed by atoms with E-state index in [4.69, 9.17) is 20.0 Å². The van der Waals surface area contributed by atoms with E-state index in [0.717, 1.165) is 23.3 Å². The normalized spacial score (nSPS) is 20.2. The molecular weight excluding hydrogens is 757 g/mol. The Labute approximate surface area is 317 Å². The second-order valence-electron chi connectivity index (χ2n) is 14.0. The molecule has 4 amide bonds. The van der Waals surface area contributed by atoms with Crippen molar-refractivity contribution in [2.45, 2.75) is 88.7 Å². The molecule has 24 heteroatoms. The first-order valence-electron chi connectivity index (χ1n) is 16.5. The summed E-state index contributed by atoms with van der Waals surface area (Å²) in [6, 6.07) is -0.965. The van der Waals surface area contributed by atoms with Crippen LogP contribution in [0.2, 0.25) is 0 Å². The highest BCUT2D eigenvalue weighted by Gasteiger charge is 2.57. The van der Waals surface area contributed by atoms with Crippen LogP contribution in [-0.4, -0.2) is 136 Å². The van der Waals surface area contributed by atoms with Gasteiger partial charge in [0.1, 0.15) is 34.6 Å². The third kappa shape index (κ3) is 11.8. The van der Waals surface area contributed by atoms with E-state index in [1.54, 1.807) is 41.5 Å². The summed E-state index contributed by atoms with van der Waals surface area (Å²) in [4.78, 5) is 73.7. The van der Waals surface area contributed by atoms with Crippen LogP contribution in [0.5, 0.6) is 0 Å². The number of alkyl carbamates (subject to hydrolysis) is 2. The van der Waals surface area contributed by atoms with Crippen molar-refractivity contribution in [1.82, 2.24) is 50.4 Å². The minimum absolute atomic E-state index is 0.0216. The van der Waals surface area contributed by atoms with Gasteiger partial charge in [0, 0.05) is 55.6 Å². The van der Waals surface area contributed by atoms with Crippen molar-refractivity contribution >= 4 is 75.9 Å². The highest BCUT2D eigenvalue weighted by atomic mass is 32.2. The van der Waals surface area contributed by atoms with E-state index in [9.17, 15) is 29.1 Å². The van der Waals surface area contributed by atoms with Gasteiger partial charge in [-0.1, -0.05) is 16.9 Å². The molecule has 0 aliphatic carbocycles. The third-order valence-corrected chi connectivity index (χ3v) is 10.6. The summed E-state index contributed by atoms with van der Waals surface area (Å²) in [7, 11) is 0. The average molecular weight is 801 g/mol. The number of amides is 4. The van der Waals surface area contributed by atoms with Crippen molar-refractivity contribution in [3.63, 3.8) is 0 Å². The summed E-state index contributed by atoms with van der Waals surface area (Å²) in [6.07, 6.45) is -0.287. The number of fused-ring (bicyclic) bond motifs is 1. The Kier molecular flexibility index (Phi) is 13.7. The molecule has 6 N–H and O–H groups in total. The molecule has 2 saturated heterocycles. The Hall–Kier alpha value is -4.45. The number of carbonyl (C=O) groups excluding carboxylic acids is 4. The molecule has 4 heterocycles. The van der Waals surface area contributed by atoms with E-state index >= 15 is 0 Å². The number of nitrogens with one attached hydrogen (secondary N) is 3. The summed E-state index contributed by atoms with van der Waals surface area (Å²) in [6.45, 7) is 11.4. The molecular formula is C29H44N12O9S3. The monoisotopic (exact) mass is 800 g/mol. The lowest BCUT2D eigenvalue weighted by Crippen LogP contribution is -2.74. The largest absolute Gasteiger partial charge is 0.481 e. The number of thioether (sulfide) groups is 2. The molecule has 53 heavy (non-hydrogen) atoms. The van der Waals surface area contributed by atoms with Crippen molar-refractivity contribution in [1.29, 1.82) is 0 Å². The Morgan fingerprint density at radius 3 is 2.34 bits per heavy atom. The zero-order chi connectivity index (χ0) is 39.0. The minimum atomic E-state index is -1.33. The first-order chi connectivity index (χ1) is 24.9. The fourth-order valence-corrected chi connectivity index (χ4v) is 7.96. The summed E-state index contributed by atoms with van der Waals surface area (Å²) in [5.41, 5.74) is 2.83. The standard InChI is InChI=1S/C29H44N12O9S3/c1-27(2,3)49-25(46)31-9-7-11-41-24(35-38-39-41)52-15-29(22(44)45)13-40-20(43)17(21(40)51-14-29)33-19(42)16(18-34-23(30)53-37-18)36-48-12-8-10-32-26(47)50-28(4,5)6/h17,21H,7-15H2,1-6H3,(H,31,46)(H,32,47)(H,33,42)(H,44,45)(H2,30,34,37)/t17?,21-,29?/m1/s1. The van der Waals surface area contributed by atoms with Crippen molar-refractivity contribution < 1.29 is 43.4 Å². The van der Waals surface area contributed by atoms with E-state index < -0.39 is 58.0 Å². The van der Waals surface area contributed by atoms with Gasteiger partial charge in [-0.25, -0.2) is 14.3 Å². The van der Waals surface area contributed by atoms with Crippen molar-refractivity contribution in [3.8, 4) is 0 Å². The maximum atomic E-state index is 13.4. The van der Waals surface area contributed by atoms with Gasteiger partial charge in [0.15, 0.2) is 5.13 Å². The Bertz CT molecular complexity index is 1680. The molecule has 2 aliphatic rings. The number of ether oxygens (including phenoxy) is 2. The van der Waals surface area contributed by atoms with Gasteiger partial charge in [0.2, 0.25) is 22.6 Å². The molecule has 3 atom stereocenters. The Balaban J connectivity index is 1.29. The van der Waals surface area contributed by atoms with Crippen LogP contribution in [0.3, 0.4) is 0 Å². The SMILES string of the molecule is CC(C)(C)OC(=O)NCCCON=C(C(=O)NC1C(=O)N2CC(CSc3nnnn3CCCNC(=O)OC(C)(C)C)(C(=O)O)CS[C@H]12)c1nsc(N)n1. The number of carbonyl (C=O) groups is 5. The second-order valence-corrected chi connectivity index (χ2v) is 16.8. The zero-order valence-electron chi connectivity index (χ0n) is 30.1. The number of β-lactam (4-membered cyclic amide) rings is 1. The lowest BCUT2D eigenvalue weighted by molar-refractivity contribution is -0.157. The summed E-state index contributed by atoms with van der Waals surface area (Å²) in [5.74, 6) is -2.22. The van der Waals surface area contributed by atoms with E-state index in [-0.39, 0.29) is 47.9 Å². The number of carboxylic acid groups (broad SMARTS) is 1. The number of nitrogens with two attached hydrogens (primary N) is 1. The highest BCUT2D eigenvalue weighted by Crippen LogP contribution is 2.44. The van der Waals surface area contributed by atoms with Crippen molar-refractivity contribution in [2.24, 2.45) is 10.6 Å². The molecule has 0 spiro atoms. The number of hydrogen-bond acceptors (Lipinski definition) is 18. The number of carboxylic acids is 1. The maximum Gasteiger partial charge on any atom is 0.407 e. The summed E-state index contributed by atoms with van der Waals surface area (Å²) in [5, 5.41) is 33.8. The number of nitrogen functional groups attached to an aromatic ring is 1. The first-order valence-corrected chi connectivity index (χ1v) is 19.3. The number of aromatic nitrogens is 6. The van der Waals surface area contributed by atoms with E-state index in [2.05, 4.69) is 46.0 Å². The highest BCUT2D eigenvalue weighted by molar-refractivity contribution is 8.00. The molecule has 0 aromatic carbocycles. The van der Waals surface area contributed by atoms with Crippen LogP contribution < -0.4 is 21.7 Å². The molecule has 2 aromatic rings. The molecule has 2 unspecified atom stereocenters. The topological polar surface area (TPSA) is 280 Å². The first kappa shape index (κ1) is 41.3. The van der Waals surface area contributed by atoms with Crippen LogP contribution in [0.15, 0.2) is 10.3 Å². The lowest BCUT2D eigenvalue weighted by atomic mass is 9.89. The lowest BCUT2D eigenvalue weighted by Gasteiger charge is -2.53. The number of tetrazole rings is 1. The maximum absolute atomic E-state index is 13.4. The van der Waals surface area contributed by atoms with Gasteiger partial charge in [-0.15, -0.1) is 16.9 Å². The number of aliphatic carboxylic acids is 1. The Morgan fingerprint density at radius 2 is 1.74 bits per heavy atom. The number of nitrogens with zero attached hydrogens (tertiary/aromatic N) is 8. The molecule has 0 radical (unpaired) electrons. The predicted molar refractivity (Wildman–Crippen MR) is 193 cm³/mol. The van der Waals surface area contributed by atoms with Crippen molar-refractivity contribution in [3.05, 3.63) is 5.82 Å². The molecule has 0 bridgehead atoms. The predicted octanol–water partition coefficient (Wildman–Crippen LogP) is 0.920. The fraction of sp³-hybridized carbons (Fsp3) is 0.690. The summed E-state index contributed by atoms with van der Waals surface area (Å²) >= 11 is 3.23. The number of oxime groups is 1. The molecule has 2 aliphatic heterocycles. The number of hydrogen-bond donors (Lipinski definition) is 5. The van der Waals surface area contributed by atoms with Crippen LogP contribution in [-0.2, 0) is 35.2 Å². The molecule has 2 aromatic heterocycles. The molecule has 0 saturated carbocycles.